The van der Waals surface area contributed by atoms with E-state index in [4.69, 9.17) is 9.84 Å². The molecule has 162 valence electrons. The summed E-state index contributed by atoms with van der Waals surface area (Å²) in [4.78, 5) is 23.5. The van der Waals surface area contributed by atoms with Crippen molar-refractivity contribution >= 4 is 12.1 Å². The second kappa shape index (κ2) is 9.96. The van der Waals surface area contributed by atoms with Crippen molar-refractivity contribution in [2.75, 3.05) is 6.61 Å². The maximum Gasteiger partial charge on any atom is 0.407 e. The SMILES string of the molecule is O=C(O)C/C=C/[C@H](Cc1ccccc1)NC(=O)OCC1c2ccccc2-c2ccccc21. The Morgan fingerprint density at radius 2 is 1.50 bits per heavy atom. The van der Waals surface area contributed by atoms with Crippen molar-refractivity contribution in [3.05, 3.63) is 108 Å². The lowest BCUT2D eigenvalue weighted by molar-refractivity contribution is -0.136. The highest BCUT2D eigenvalue weighted by Crippen LogP contribution is 2.44. The number of rotatable bonds is 8. The minimum atomic E-state index is -0.916. The molecule has 1 aliphatic carbocycles. The number of hydrogen-bond acceptors (Lipinski definition) is 3. The maximum atomic E-state index is 12.6. The van der Waals surface area contributed by atoms with Crippen LogP contribution in [0.2, 0.25) is 0 Å². The second-order valence-corrected chi connectivity index (χ2v) is 7.79. The summed E-state index contributed by atoms with van der Waals surface area (Å²) in [6, 6.07) is 25.7. The third-order valence-electron chi connectivity index (χ3n) is 5.61. The Bertz CT molecular complexity index is 1080. The number of aliphatic carboxylic acids is 1. The molecule has 0 radical (unpaired) electrons. The highest BCUT2D eigenvalue weighted by atomic mass is 16.5. The summed E-state index contributed by atoms with van der Waals surface area (Å²) < 4.78 is 5.64. The summed E-state index contributed by atoms with van der Waals surface area (Å²) in [6.07, 6.45) is 3.19. The zero-order valence-corrected chi connectivity index (χ0v) is 17.6. The van der Waals surface area contributed by atoms with E-state index in [-0.39, 0.29) is 25.0 Å². The quantitative estimate of drug-likeness (QED) is 0.487. The third-order valence-corrected chi connectivity index (χ3v) is 5.61. The minimum Gasteiger partial charge on any atom is -0.481 e. The number of amides is 1. The highest BCUT2D eigenvalue weighted by Gasteiger charge is 2.29. The van der Waals surface area contributed by atoms with Gasteiger partial charge in [0.2, 0.25) is 0 Å². The molecule has 5 nitrogen and oxygen atoms in total. The number of carboxylic acids is 1. The van der Waals surface area contributed by atoms with E-state index in [0.717, 1.165) is 16.7 Å². The Hall–Kier alpha value is -3.86. The Balaban J connectivity index is 1.43. The molecule has 5 heteroatoms. The third kappa shape index (κ3) is 5.06. The van der Waals surface area contributed by atoms with Crippen molar-refractivity contribution in [2.45, 2.75) is 24.8 Å². The van der Waals surface area contributed by atoms with E-state index >= 15 is 0 Å². The summed E-state index contributed by atoms with van der Waals surface area (Å²) in [6.45, 7) is 0.233. The van der Waals surface area contributed by atoms with Gasteiger partial charge in [0.05, 0.1) is 12.5 Å². The summed E-state index contributed by atoms with van der Waals surface area (Å²) in [5, 5.41) is 11.8. The number of carbonyl (C=O) groups is 2. The van der Waals surface area contributed by atoms with Crippen LogP contribution in [0.3, 0.4) is 0 Å². The van der Waals surface area contributed by atoms with Crippen LogP contribution in [0.15, 0.2) is 91.0 Å². The van der Waals surface area contributed by atoms with Gasteiger partial charge in [0.25, 0.3) is 0 Å². The van der Waals surface area contributed by atoms with E-state index < -0.39 is 12.1 Å². The van der Waals surface area contributed by atoms with Crippen molar-refractivity contribution in [1.82, 2.24) is 5.32 Å². The van der Waals surface area contributed by atoms with Crippen molar-refractivity contribution in [2.24, 2.45) is 0 Å². The molecule has 0 unspecified atom stereocenters. The molecule has 32 heavy (non-hydrogen) atoms. The van der Waals surface area contributed by atoms with Gasteiger partial charge in [-0.1, -0.05) is 91.0 Å². The van der Waals surface area contributed by atoms with Gasteiger partial charge in [0.1, 0.15) is 6.61 Å². The number of fused-ring (bicyclic) bond motifs is 3. The van der Waals surface area contributed by atoms with E-state index in [1.807, 2.05) is 54.6 Å². The summed E-state index contributed by atoms with van der Waals surface area (Å²) >= 11 is 0. The fraction of sp³-hybridized carbons (Fsp3) is 0.185. The molecule has 0 bridgehead atoms. The van der Waals surface area contributed by atoms with Gasteiger partial charge in [-0.15, -0.1) is 0 Å². The Morgan fingerprint density at radius 1 is 0.906 bits per heavy atom. The summed E-state index contributed by atoms with van der Waals surface area (Å²) in [5.74, 6) is -0.927. The monoisotopic (exact) mass is 427 g/mol. The molecule has 1 aliphatic rings. The van der Waals surface area contributed by atoms with E-state index in [1.165, 1.54) is 11.1 Å². The predicted molar refractivity (Wildman–Crippen MR) is 124 cm³/mol. The van der Waals surface area contributed by atoms with Crippen molar-refractivity contribution in [3.63, 3.8) is 0 Å². The molecule has 1 atom stereocenters. The normalized spacial score (nSPS) is 13.4. The van der Waals surface area contributed by atoms with E-state index in [0.29, 0.717) is 6.42 Å². The Labute approximate surface area is 187 Å². The first kappa shape index (κ1) is 21.4. The van der Waals surface area contributed by atoms with Gasteiger partial charge < -0.3 is 15.2 Å². The number of benzene rings is 3. The molecule has 0 saturated carbocycles. The van der Waals surface area contributed by atoms with Crippen molar-refractivity contribution < 1.29 is 19.4 Å². The molecule has 0 fully saturated rings. The number of carbonyl (C=O) groups excluding carboxylic acids is 1. The molecule has 3 aromatic carbocycles. The van der Waals surface area contributed by atoms with Crippen LogP contribution in [0.1, 0.15) is 29.0 Å². The number of alkyl carbamates (subject to hydrolysis) is 1. The van der Waals surface area contributed by atoms with Crippen molar-refractivity contribution in [1.29, 1.82) is 0 Å². The molecule has 0 aliphatic heterocycles. The zero-order chi connectivity index (χ0) is 22.3. The first-order valence-corrected chi connectivity index (χ1v) is 10.7. The van der Waals surface area contributed by atoms with Gasteiger partial charge in [0.15, 0.2) is 0 Å². The molecule has 4 rings (SSSR count). The lowest BCUT2D eigenvalue weighted by atomic mass is 9.98. The van der Waals surface area contributed by atoms with Crippen LogP contribution < -0.4 is 5.32 Å². The van der Waals surface area contributed by atoms with E-state index in [1.54, 1.807) is 12.2 Å². The summed E-state index contributed by atoms with van der Waals surface area (Å²) in [5.41, 5.74) is 5.70. The van der Waals surface area contributed by atoms with Crippen LogP contribution in [0.5, 0.6) is 0 Å². The second-order valence-electron chi connectivity index (χ2n) is 7.79. The molecule has 0 saturated heterocycles. The highest BCUT2D eigenvalue weighted by molar-refractivity contribution is 5.79. The molecule has 0 heterocycles. The smallest absolute Gasteiger partial charge is 0.407 e. The average Bonchev–Trinajstić information content (AvgIpc) is 3.12. The van der Waals surface area contributed by atoms with Gasteiger partial charge in [-0.2, -0.15) is 0 Å². The van der Waals surface area contributed by atoms with E-state index in [2.05, 4.69) is 29.6 Å². The fourth-order valence-corrected chi connectivity index (χ4v) is 4.16. The lowest BCUT2D eigenvalue weighted by Gasteiger charge is -2.18. The average molecular weight is 428 g/mol. The first-order chi connectivity index (χ1) is 15.6. The molecule has 3 aromatic rings. The van der Waals surface area contributed by atoms with Gasteiger partial charge in [0, 0.05) is 5.92 Å². The van der Waals surface area contributed by atoms with Crippen molar-refractivity contribution in [3.8, 4) is 11.1 Å². The number of carboxylic acid groups (broad SMARTS) is 1. The zero-order valence-electron chi connectivity index (χ0n) is 17.6. The van der Waals surface area contributed by atoms with Crippen LogP contribution >= 0.6 is 0 Å². The molecule has 0 spiro atoms. The van der Waals surface area contributed by atoms with Gasteiger partial charge in [-0.3, -0.25) is 4.79 Å². The van der Waals surface area contributed by atoms with Crippen LogP contribution in [0, 0.1) is 0 Å². The van der Waals surface area contributed by atoms with Gasteiger partial charge in [-0.05, 0) is 34.2 Å². The standard InChI is InChI=1S/C27H25NO4/c29-26(30)16-8-11-20(17-19-9-2-1-3-10-19)28-27(31)32-18-25-23-14-6-4-12-21(23)22-13-5-7-15-24(22)25/h1-15,20,25H,16-18H2,(H,28,31)(H,29,30)/b11-8+/t20-/m1/s1. The first-order valence-electron chi connectivity index (χ1n) is 10.7. The maximum absolute atomic E-state index is 12.6. The number of hydrogen-bond donors (Lipinski definition) is 2. The van der Waals surface area contributed by atoms with E-state index in [9.17, 15) is 9.59 Å². The topological polar surface area (TPSA) is 75.6 Å². The van der Waals surface area contributed by atoms with Gasteiger partial charge >= 0.3 is 12.1 Å². The van der Waals surface area contributed by atoms with Crippen LogP contribution in [0.4, 0.5) is 4.79 Å². The minimum absolute atomic E-state index is 0.0109. The van der Waals surface area contributed by atoms with Crippen LogP contribution in [-0.4, -0.2) is 29.8 Å². The summed E-state index contributed by atoms with van der Waals surface area (Å²) in [7, 11) is 0. The predicted octanol–water partition coefficient (Wildman–Crippen LogP) is 5.17. The van der Waals surface area contributed by atoms with Gasteiger partial charge in [-0.25, -0.2) is 4.79 Å². The Morgan fingerprint density at radius 3 is 2.12 bits per heavy atom. The fourth-order valence-electron chi connectivity index (χ4n) is 4.16. The molecule has 1 amide bonds. The molecule has 0 aromatic heterocycles. The molecular formula is C27H25NO4. The largest absolute Gasteiger partial charge is 0.481 e. The number of nitrogens with one attached hydrogen (secondary N) is 1. The lowest BCUT2D eigenvalue weighted by Crippen LogP contribution is -2.36. The number of ether oxygens (including phenoxy) is 1. The molecular weight excluding hydrogens is 402 g/mol. The van der Waals surface area contributed by atoms with Crippen LogP contribution in [0.25, 0.3) is 11.1 Å². The van der Waals surface area contributed by atoms with Crippen LogP contribution in [-0.2, 0) is 16.0 Å². The molecule has 2 N–H and O–H groups in total. The Kier molecular flexibility index (Phi) is 6.66.